The van der Waals surface area contributed by atoms with Crippen molar-refractivity contribution in [2.24, 2.45) is 0 Å². The van der Waals surface area contributed by atoms with E-state index in [2.05, 4.69) is 179 Å². The zero-order valence-electron chi connectivity index (χ0n) is 26.5. The van der Waals surface area contributed by atoms with Gasteiger partial charge in [0, 0.05) is 21.8 Å². The van der Waals surface area contributed by atoms with E-state index >= 15 is 0 Å². The van der Waals surface area contributed by atoms with Crippen LogP contribution in [0.3, 0.4) is 0 Å². The van der Waals surface area contributed by atoms with Crippen LogP contribution in [0.4, 0.5) is 17.4 Å². The van der Waals surface area contributed by atoms with Crippen LogP contribution in [0.5, 0.6) is 0 Å². The maximum atomic E-state index is 6.60. The molecule has 4 nitrogen and oxygen atoms in total. The Balaban J connectivity index is 1.18. The molecule has 0 N–H and O–H groups in total. The first kappa shape index (κ1) is 27.5. The van der Waals surface area contributed by atoms with Crippen molar-refractivity contribution in [3.8, 4) is 16.8 Å². The average molecular weight is 628 g/mol. The molecule has 0 spiro atoms. The maximum absolute atomic E-state index is 6.60. The number of hydrogen-bond donors (Lipinski definition) is 0. The molecule has 0 atom stereocenters. The molecular formula is C45H29N3O. The van der Waals surface area contributed by atoms with Gasteiger partial charge in [0.15, 0.2) is 5.58 Å². The molecule has 10 aromatic rings. The molecule has 8 aromatic carbocycles. The minimum absolute atomic E-state index is 0.524. The third kappa shape index (κ3) is 4.42. The zero-order chi connectivity index (χ0) is 32.3. The van der Waals surface area contributed by atoms with Crippen molar-refractivity contribution >= 4 is 71.8 Å². The van der Waals surface area contributed by atoms with Gasteiger partial charge in [-0.3, -0.25) is 4.90 Å². The molecule has 0 saturated heterocycles. The van der Waals surface area contributed by atoms with Crippen LogP contribution in [0.25, 0.3) is 71.3 Å². The topological polar surface area (TPSA) is 34.2 Å². The van der Waals surface area contributed by atoms with Crippen LogP contribution in [-0.2, 0) is 0 Å². The first-order valence-electron chi connectivity index (χ1n) is 16.6. The summed E-state index contributed by atoms with van der Waals surface area (Å²) in [6, 6.07) is 62.5. The smallest absolute Gasteiger partial charge is 0.307 e. The number of nitrogens with zero attached hydrogens (tertiary/aromatic N) is 3. The van der Waals surface area contributed by atoms with E-state index in [1.807, 2.05) is 6.07 Å². The molecule has 49 heavy (non-hydrogen) atoms. The van der Waals surface area contributed by atoms with Gasteiger partial charge >= 0.3 is 6.01 Å². The van der Waals surface area contributed by atoms with Crippen LogP contribution in [0.15, 0.2) is 180 Å². The van der Waals surface area contributed by atoms with Crippen molar-refractivity contribution in [3.63, 3.8) is 0 Å². The third-order valence-corrected chi connectivity index (χ3v) is 9.62. The Hall–Kier alpha value is -6.65. The summed E-state index contributed by atoms with van der Waals surface area (Å²) < 4.78 is 8.94. The summed E-state index contributed by atoms with van der Waals surface area (Å²) in [7, 11) is 0. The molecule has 0 unspecified atom stereocenters. The van der Waals surface area contributed by atoms with Crippen LogP contribution >= 0.6 is 0 Å². The predicted octanol–water partition coefficient (Wildman–Crippen LogP) is 12.4. The van der Waals surface area contributed by atoms with Gasteiger partial charge in [0.2, 0.25) is 0 Å². The lowest BCUT2D eigenvalue weighted by Crippen LogP contribution is -2.10. The molecule has 10 rings (SSSR count). The fraction of sp³-hybridized carbons (Fsp3) is 0. The quantitative estimate of drug-likeness (QED) is 0.190. The number of aromatic nitrogens is 2. The second-order valence-corrected chi connectivity index (χ2v) is 12.4. The largest absolute Gasteiger partial charge is 0.423 e. The molecular weight excluding hydrogens is 599 g/mol. The summed E-state index contributed by atoms with van der Waals surface area (Å²) in [5.41, 5.74) is 9.35. The molecule has 2 aromatic heterocycles. The molecule has 230 valence electrons. The average Bonchev–Trinajstić information content (AvgIpc) is 3.75. The van der Waals surface area contributed by atoms with Crippen molar-refractivity contribution in [3.05, 3.63) is 176 Å². The van der Waals surface area contributed by atoms with Crippen molar-refractivity contribution in [2.75, 3.05) is 4.90 Å². The van der Waals surface area contributed by atoms with Gasteiger partial charge in [-0.1, -0.05) is 121 Å². The first-order valence-corrected chi connectivity index (χ1v) is 16.6. The standard InChI is InChI=1S/C45H29N3O/c1-2-14-33(15-3-1)48-41-20-9-8-18-39(41)40-29-35(26-27-42(40)48)47(45-46-44-38-17-7-5-12-31(38)23-28-43(44)49-45)34-24-21-32(22-25-34)37-19-10-13-30-11-4-6-16-36(30)37/h1-29H. The summed E-state index contributed by atoms with van der Waals surface area (Å²) >= 11 is 0. The van der Waals surface area contributed by atoms with E-state index in [0.29, 0.717) is 6.01 Å². The number of hydrogen-bond acceptors (Lipinski definition) is 3. The van der Waals surface area contributed by atoms with Crippen LogP contribution in [0, 0.1) is 0 Å². The van der Waals surface area contributed by atoms with E-state index in [1.165, 1.54) is 27.2 Å². The number of fused-ring (bicyclic) bond motifs is 7. The monoisotopic (exact) mass is 627 g/mol. The second kappa shape index (κ2) is 11.0. The van der Waals surface area contributed by atoms with Gasteiger partial charge in [0.05, 0.1) is 22.4 Å². The van der Waals surface area contributed by atoms with E-state index in [4.69, 9.17) is 9.40 Å². The van der Waals surface area contributed by atoms with Crippen LogP contribution in [0.1, 0.15) is 0 Å². The molecule has 0 bridgehead atoms. The predicted molar refractivity (Wildman–Crippen MR) is 203 cm³/mol. The Kier molecular flexibility index (Phi) is 6.15. The highest BCUT2D eigenvalue weighted by atomic mass is 16.4. The number of oxazole rings is 1. The highest BCUT2D eigenvalue weighted by molar-refractivity contribution is 6.11. The Labute approximate surface area is 282 Å². The van der Waals surface area contributed by atoms with Crippen molar-refractivity contribution in [2.45, 2.75) is 0 Å². The van der Waals surface area contributed by atoms with Gasteiger partial charge in [0.25, 0.3) is 0 Å². The number of anilines is 3. The van der Waals surface area contributed by atoms with E-state index in [0.717, 1.165) is 55.4 Å². The number of benzene rings is 8. The highest BCUT2D eigenvalue weighted by Gasteiger charge is 2.22. The Morgan fingerprint density at radius 3 is 1.96 bits per heavy atom. The van der Waals surface area contributed by atoms with E-state index < -0.39 is 0 Å². The highest BCUT2D eigenvalue weighted by Crippen LogP contribution is 2.42. The molecule has 0 radical (unpaired) electrons. The van der Waals surface area contributed by atoms with Gasteiger partial charge in [-0.2, -0.15) is 4.98 Å². The Morgan fingerprint density at radius 1 is 0.469 bits per heavy atom. The minimum atomic E-state index is 0.524. The summed E-state index contributed by atoms with van der Waals surface area (Å²) in [5, 5.41) is 7.03. The minimum Gasteiger partial charge on any atom is -0.423 e. The Bertz CT molecular complexity index is 2820. The van der Waals surface area contributed by atoms with Crippen LogP contribution in [-0.4, -0.2) is 9.55 Å². The SMILES string of the molecule is c1ccc(-n2c3ccccc3c3cc(N(c4ccc(-c5cccc6ccccc56)cc4)c4nc5c(ccc6ccccc65)o4)ccc32)cc1. The van der Waals surface area contributed by atoms with Crippen molar-refractivity contribution < 1.29 is 4.42 Å². The summed E-state index contributed by atoms with van der Waals surface area (Å²) in [4.78, 5) is 7.30. The normalized spacial score (nSPS) is 11.7. The lowest BCUT2D eigenvalue weighted by atomic mass is 9.98. The van der Waals surface area contributed by atoms with Crippen molar-refractivity contribution in [1.29, 1.82) is 0 Å². The molecule has 0 aliphatic heterocycles. The molecule has 0 amide bonds. The molecule has 0 aliphatic rings. The first-order chi connectivity index (χ1) is 24.3. The number of para-hydroxylation sites is 2. The summed E-state index contributed by atoms with van der Waals surface area (Å²) in [6.07, 6.45) is 0. The third-order valence-electron chi connectivity index (χ3n) is 9.62. The number of rotatable bonds is 5. The molecule has 4 heteroatoms. The van der Waals surface area contributed by atoms with Gasteiger partial charge < -0.3 is 8.98 Å². The van der Waals surface area contributed by atoms with Gasteiger partial charge in [-0.25, -0.2) is 0 Å². The van der Waals surface area contributed by atoms with E-state index in [9.17, 15) is 0 Å². The molecule has 0 saturated carbocycles. The van der Waals surface area contributed by atoms with Gasteiger partial charge in [-0.05, 0) is 81.9 Å². The van der Waals surface area contributed by atoms with Gasteiger partial charge in [0.1, 0.15) is 5.52 Å². The molecule has 0 aliphatic carbocycles. The molecule has 0 fully saturated rings. The lowest BCUT2D eigenvalue weighted by Gasteiger charge is -2.22. The fourth-order valence-corrected chi connectivity index (χ4v) is 7.34. The molecule has 2 heterocycles. The Morgan fingerprint density at radius 2 is 1.12 bits per heavy atom. The summed E-state index contributed by atoms with van der Waals surface area (Å²) in [6.45, 7) is 0. The zero-order valence-corrected chi connectivity index (χ0v) is 26.5. The lowest BCUT2D eigenvalue weighted by molar-refractivity contribution is 0.608. The van der Waals surface area contributed by atoms with E-state index in [1.54, 1.807) is 0 Å². The fourth-order valence-electron chi connectivity index (χ4n) is 7.34. The second-order valence-electron chi connectivity index (χ2n) is 12.4. The van der Waals surface area contributed by atoms with Crippen molar-refractivity contribution in [1.82, 2.24) is 9.55 Å². The maximum Gasteiger partial charge on any atom is 0.307 e. The van der Waals surface area contributed by atoms with Crippen LogP contribution < -0.4 is 4.90 Å². The summed E-state index contributed by atoms with van der Waals surface area (Å²) in [5.74, 6) is 0. The van der Waals surface area contributed by atoms with E-state index in [-0.39, 0.29) is 0 Å². The van der Waals surface area contributed by atoms with Gasteiger partial charge in [-0.15, -0.1) is 0 Å². The van der Waals surface area contributed by atoms with Crippen LogP contribution in [0.2, 0.25) is 0 Å².